The van der Waals surface area contributed by atoms with Crippen LogP contribution in [0.5, 0.6) is 0 Å². The molecule has 1 aromatic carbocycles. The van der Waals surface area contributed by atoms with E-state index in [1.54, 1.807) is 14.2 Å². The second-order valence-corrected chi connectivity index (χ2v) is 5.13. The Morgan fingerprint density at radius 2 is 2.00 bits per heavy atom. The van der Waals surface area contributed by atoms with Gasteiger partial charge in [0.25, 0.3) is 0 Å². The number of aryl methyl sites for hydroxylation is 1. The first-order valence-electron chi connectivity index (χ1n) is 7.04. The minimum absolute atomic E-state index is 0.216. The highest BCUT2D eigenvalue weighted by Gasteiger charge is 2.13. The number of aromatic nitrogens is 2. The van der Waals surface area contributed by atoms with Crippen molar-refractivity contribution in [2.75, 3.05) is 26.1 Å². The minimum Gasteiger partial charge on any atom is -0.383 e. The molecule has 1 aromatic heterocycles. The van der Waals surface area contributed by atoms with Crippen molar-refractivity contribution >= 4 is 11.6 Å². The summed E-state index contributed by atoms with van der Waals surface area (Å²) in [6.07, 6.45) is 2.03. The summed E-state index contributed by atoms with van der Waals surface area (Å²) < 4.78 is 12.6. The number of ether oxygens (including phenoxy) is 2. The second kappa shape index (κ2) is 7.24. The molecular formula is C16H23N3O2. The van der Waals surface area contributed by atoms with Crippen LogP contribution < -0.4 is 5.32 Å². The van der Waals surface area contributed by atoms with E-state index in [1.165, 1.54) is 0 Å². The van der Waals surface area contributed by atoms with Crippen LogP contribution >= 0.6 is 0 Å². The molecule has 1 heterocycles. The Balaban J connectivity index is 2.27. The van der Waals surface area contributed by atoms with Crippen molar-refractivity contribution in [3.8, 4) is 0 Å². The molecule has 0 aliphatic heterocycles. The normalized spacial score (nSPS) is 12.4. The van der Waals surface area contributed by atoms with Crippen molar-refractivity contribution in [2.45, 2.75) is 26.5 Å². The van der Waals surface area contributed by atoms with Crippen molar-refractivity contribution in [1.82, 2.24) is 9.55 Å². The third kappa shape index (κ3) is 3.83. The number of para-hydroxylation sites is 1. The van der Waals surface area contributed by atoms with Crippen LogP contribution in [-0.2, 0) is 16.1 Å². The van der Waals surface area contributed by atoms with E-state index in [9.17, 15) is 0 Å². The summed E-state index contributed by atoms with van der Waals surface area (Å²) >= 11 is 0. The summed E-state index contributed by atoms with van der Waals surface area (Å²) in [5.41, 5.74) is 3.09. The number of imidazole rings is 1. The summed E-state index contributed by atoms with van der Waals surface area (Å²) in [4.78, 5) is 4.57. The van der Waals surface area contributed by atoms with Gasteiger partial charge >= 0.3 is 0 Å². The average molecular weight is 289 g/mol. The molecule has 5 heteroatoms. The third-order valence-electron chi connectivity index (χ3n) is 3.30. The molecule has 1 atom stereocenters. The van der Waals surface area contributed by atoms with Gasteiger partial charge < -0.3 is 19.4 Å². The van der Waals surface area contributed by atoms with Gasteiger partial charge in [0.15, 0.2) is 0 Å². The van der Waals surface area contributed by atoms with E-state index in [1.807, 2.05) is 37.4 Å². The lowest BCUT2D eigenvalue weighted by molar-refractivity contribution is 0.163. The van der Waals surface area contributed by atoms with E-state index < -0.39 is 0 Å². The van der Waals surface area contributed by atoms with E-state index in [-0.39, 0.29) is 6.04 Å². The van der Waals surface area contributed by atoms with Crippen LogP contribution in [0.4, 0.5) is 11.6 Å². The van der Waals surface area contributed by atoms with Gasteiger partial charge in [-0.3, -0.25) is 0 Å². The Labute approximate surface area is 125 Å². The van der Waals surface area contributed by atoms with Crippen molar-refractivity contribution in [3.05, 3.63) is 41.7 Å². The van der Waals surface area contributed by atoms with Crippen molar-refractivity contribution < 1.29 is 9.47 Å². The maximum absolute atomic E-state index is 5.24. The molecule has 21 heavy (non-hydrogen) atoms. The van der Waals surface area contributed by atoms with E-state index in [2.05, 4.69) is 21.8 Å². The molecule has 5 nitrogen and oxygen atoms in total. The molecule has 2 rings (SSSR count). The molecule has 2 aromatic rings. The molecule has 0 amide bonds. The zero-order valence-corrected chi connectivity index (χ0v) is 13.1. The first kappa shape index (κ1) is 15.5. The summed E-state index contributed by atoms with van der Waals surface area (Å²) in [6.45, 7) is 5.31. The fourth-order valence-electron chi connectivity index (χ4n) is 2.31. The quantitative estimate of drug-likeness (QED) is 0.849. The molecule has 0 spiro atoms. The standard InChI is InChI=1S/C16H23N3O2/c1-12-9-19(13(2)10-20-3)16(17-12)18-15-8-6-5-7-14(15)11-21-4/h5-9,13H,10-11H2,1-4H3,(H,17,18). The Morgan fingerprint density at radius 3 is 2.71 bits per heavy atom. The van der Waals surface area contributed by atoms with Crippen LogP contribution in [0.1, 0.15) is 24.2 Å². The predicted octanol–water partition coefficient (Wildman–Crippen LogP) is 3.29. The lowest BCUT2D eigenvalue weighted by Crippen LogP contribution is -2.13. The highest BCUT2D eigenvalue weighted by molar-refractivity contribution is 5.59. The largest absolute Gasteiger partial charge is 0.383 e. The Hall–Kier alpha value is -1.85. The molecule has 0 aliphatic carbocycles. The zero-order valence-electron chi connectivity index (χ0n) is 13.1. The SMILES string of the molecule is COCc1ccccc1Nc1nc(C)cn1C(C)COC. The average Bonchev–Trinajstić information content (AvgIpc) is 2.82. The van der Waals surface area contributed by atoms with Crippen LogP contribution in [0.25, 0.3) is 0 Å². The highest BCUT2D eigenvalue weighted by atomic mass is 16.5. The number of hydrogen-bond acceptors (Lipinski definition) is 4. The molecule has 0 radical (unpaired) electrons. The van der Waals surface area contributed by atoms with E-state index in [4.69, 9.17) is 9.47 Å². The topological polar surface area (TPSA) is 48.3 Å². The number of methoxy groups -OCH3 is 2. The Morgan fingerprint density at radius 1 is 1.24 bits per heavy atom. The maximum Gasteiger partial charge on any atom is 0.207 e. The minimum atomic E-state index is 0.216. The molecule has 1 N–H and O–H groups in total. The van der Waals surface area contributed by atoms with E-state index >= 15 is 0 Å². The van der Waals surface area contributed by atoms with Crippen LogP contribution in [0, 0.1) is 6.92 Å². The first-order chi connectivity index (χ1) is 10.2. The lowest BCUT2D eigenvalue weighted by Gasteiger charge is -2.17. The summed E-state index contributed by atoms with van der Waals surface area (Å²) in [5, 5.41) is 3.40. The monoisotopic (exact) mass is 289 g/mol. The molecule has 0 fully saturated rings. The highest BCUT2D eigenvalue weighted by Crippen LogP contribution is 2.23. The number of nitrogens with zero attached hydrogens (tertiary/aromatic N) is 2. The fraction of sp³-hybridized carbons (Fsp3) is 0.438. The molecule has 1 unspecified atom stereocenters. The van der Waals surface area contributed by atoms with Gasteiger partial charge in [-0.2, -0.15) is 0 Å². The summed E-state index contributed by atoms with van der Waals surface area (Å²) in [5.74, 6) is 0.820. The van der Waals surface area contributed by atoms with E-state index in [0.29, 0.717) is 13.2 Å². The number of nitrogens with one attached hydrogen (secondary N) is 1. The van der Waals surface area contributed by atoms with Crippen LogP contribution in [-0.4, -0.2) is 30.4 Å². The van der Waals surface area contributed by atoms with Gasteiger partial charge in [-0.1, -0.05) is 18.2 Å². The smallest absolute Gasteiger partial charge is 0.207 e. The lowest BCUT2D eigenvalue weighted by atomic mass is 10.2. The van der Waals surface area contributed by atoms with Crippen molar-refractivity contribution in [1.29, 1.82) is 0 Å². The third-order valence-corrected chi connectivity index (χ3v) is 3.30. The number of anilines is 2. The molecule has 0 aliphatic rings. The van der Waals surface area contributed by atoms with Gasteiger partial charge in [0, 0.05) is 31.7 Å². The van der Waals surface area contributed by atoms with Gasteiger partial charge in [0.1, 0.15) is 0 Å². The first-order valence-corrected chi connectivity index (χ1v) is 7.04. The summed E-state index contributed by atoms with van der Waals surface area (Å²) in [7, 11) is 3.41. The van der Waals surface area contributed by atoms with Crippen LogP contribution in [0.15, 0.2) is 30.5 Å². The molecule has 0 bridgehead atoms. The Kier molecular flexibility index (Phi) is 5.36. The number of benzene rings is 1. The molecule has 0 saturated carbocycles. The number of rotatable bonds is 7. The van der Waals surface area contributed by atoms with Gasteiger partial charge in [0.2, 0.25) is 5.95 Å². The van der Waals surface area contributed by atoms with Crippen molar-refractivity contribution in [2.24, 2.45) is 0 Å². The molecule has 114 valence electrons. The van der Waals surface area contributed by atoms with E-state index in [0.717, 1.165) is 22.9 Å². The molecule has 0 saturated heterocycles. The van der Waals surface area contributed by atoms with Crippen LogP contribution in [0.3, 0.4) is 0 Å². The Bertz CT molecular complexity index is 581. The van der Waals surface area contributed by atoms with Gasteiger partial charge in [-0.15, -0.1) is 0 Å². The van der Waals surface area contributed by atoms with Crippen molar-refractivity contribution in [3.63, 3.8) is 0 Å². The van der Waals surface area contributed by atoms with Crippen LogP contribution in [0.2, 0.25) is 0 Å². The zero-order chi connectivity index (χ0) is 15.2. The number of hydrogen-bond donors (Lipinski definition) is 1. The second-order valence-electron chi connectivity index (χ2n) is 5.13. The maximum atomic E-state index is 5.24. The summed E-state index contributed by atoms with van der Waals surface area (Å²) in [6, 6.07) is 8.30. The van der Waals surface area contributed by atoms with Gasteiger partial charge in [-0.05, 0) is 19.9 Å². The molecular weight excluding hydrogens is 266 g/mol. The fourth-order valence-corrected chi connectivity index (χ4v) is 2.31. The predicted molar refractivity (Wildman–Crippen MR) is 84.0 cm³/mol. The van der Waals surface area contributed by atoms with Gasteiger partial charge in [-0.25, -0.2) is 4.98 Å². The van der Waals surface area contributed by atoms with Gasteiger partial charge in [0.05, 0.1) is 24.9 Å².